The maximum absolute atomic E-state index is 11.3. The first-order valence-corrected chi connectivity index (χ1v) is 7.65. The van der Waals surface area contributed by atoms with E-state index in [0.717, 1.165) is 27.8 Å². The fraction of sp³-hybridized carbons (Fsp3) is 0.0667. The second-order valence-electron chi connectivity index (χ2n) is 4.46. The largest absolute Gasteiger partial charge is 1.00 e. The molecule has 3 nitrogen and oxygen atoms in total. The number of fused-ring (bicyclic) bond motifs is 2. The van der Waals surface area contributed by atoms with Gasteiger partial charge in [-0.25, -0.2) is 0 Å². The summed E-state index contributed by atoms with van der Waals surface area (Å²) < 4.78 is 27.6. The van der Waals surface area contributed by atoms with Crippen LogP contribution in [0.2, 0.25) is 0 Å². The molecular weight excluding hydrogens is 299 g/mol. The van der Waals surface area contributed by atoms with Crippen LogP contribution in [0.5, 0.6) is 5.75 Å². The third kappa shape index (κ3) is 3.42. The maximum atomic E-state index is 11.3. The van der Waals surface area contributed by atoms with Crippen molar-refractivity contribution in [2.45, 2.75) is 0 Å². The van der Waals surface area contributed by atoms with Crippen molar-refractivity contribution in [2.75, 3.05) is 6.26 Å². The van der Waals surface area contributed by atoms with Crippen LogP contribution in [0, 0.1) is 0 Å². The molecule has 0 aliphatic heterocycles. The van der Waals surface area contributed by atoms with Gasteiger partial charge in [0.1, 0.15) is 5.75 Å². The number of hydrogen-bond acceptors (Lipinski definition) is 3. The molecule has 0 saturated carbocycles. The molecule has 20 heavy (non-hydrogen) atoms. The quantitative estimate of drug-likeness (QED) is 0.392. The zero-order valence-corrected chi connectivity index (χ0v) is 15.3. The van der Waals surface area contributed by atoms with Crippen LogP contribution in [0.15, 0.2) is 54.6 Å². The molecule has 0 radical (unpaired) electrons. The summed E-state index contributed by atoms with van der Waals surface area (Å²) in [5.41, 5.74) is 0. The summed E-state index contributed by atoms with van der Waals surface area (Å²) in [6.07, 6.45) is 1.05. The van der Waals surface area contributed by atoms with E-state index in [2.05, 4.69) is 0 Å². The summed E-state index contributed by atoms with van der Waals surface area (Å²) in [5.74, 6) is 0.366. The van der Waals surface area contributed by atoms with Crippen LogP contribution in [0.1, 0.15) is 1.43 Å². The molecule has 0 aromatic heterocycles. The van der Waals surface area contributed by atoms with Gasteiger partial charge in [0.25, 0.3) is 0 Å². The molecule has 0 amide bonds. The Morgan fingerprint density at radius 3 is 2.15 bits per heavy atom. The van der Waals surface area contributed by atoms with Crippen LogP contribution in [-0.2, 0) is 10.1 Å². The van der Waals surface area contributed by atoms with E-state index in [1.807, 2.05) is 42.5 Å². The Balaban J connectivity index is 0.00000110. The predicted molar refractivity (Wildman–Crippen MR) is 78.0 cm³/mol. The van der Waals surface area contributed by atoms with E-state index in [4.69, 9.17) is 4.18 Å². The first kappa shape index (κ1) is 15.9. The molecule has 0 aliphatic rings. The predicted octanol–water partition coefficient (Wildman–Crippen LogP) is 0.448. The third-order valence-corrected chi connectivity index (χ3v) is 3.43. The van der Waals surface area contributed by atoms with E-state index < -0.39 is 10.1 Å². The van der Waals surface area contributed by atoms with Gasteiger partial charge in [0, 0.05) is 5.39 Å². The minimum atomic E-state index is -3.52. The van der Waals surface area contributed by atoms with Gasteiger partial charge in [0.05, 0.1) is 6.26 Å². The van der Waals surface area contributed by atoms with Gasteiger partial charge in [-0.1, -0.05) is 36.4 Å². The smallest absolute Gasteiger partial charge is 1.00 e. The Bertz CT molecular complexity index is 878. The number of hydrogen-bond donors (Lipinski definition) is 0. The summed E-state index contributed by atoms with van der Waals surface area (Å²) in [5, 5.41) is 3.93. The first-order chi connectivity index (χ1) is 9.03. The van der Waals surface area contributed by atoms with Crippen molar-refractivity contribution in [3.05, 3.63) is 54.6 Å². The van der Waals surface area contributed by atoms with Crippen LogP contribution < -0.4 is 55.6 Å². The molecule has 3 aromatic carbocycles. The molecule has 98 valence electrons. The van der Waals surface area contributed by atoms with Gasteiger partial charge in [0.2, 0.25) is 0 Å². The van der Waals surface area contributed by atoms with Crippen LogP contribution in [0.25, 0.3) is 21.5 Å². The SMILES string of the molecule is CS(=O)(=O)Oc1cccc2cc3ccccc3cc12.[H-].[K+]. The molecule has 0 fully saturated rings. The van der Waals surface area contributed by atoms with Crippen molar-refractivity contribution >= 4 is 31.7 Å². The summed E-state index contributed by atoms with van der Waals surface area (Å²) in [7, 11) is -3.52. The van der Waals surface area contributed by atoms with E-state index in [1.54, 1.807) is 12.1 Å². The van der Waals surface area contributed by atoms with Gasteiger partial charge in [-0.2, -0.15) is 8.42 Å². The zero-order valence-electron chi connectivity index (χ0n) is 12.3. The van der Waals surface area contributed by atoms with Gasteiger partial charge >= 0.3 is 61.5 Å². The van der Waals surface area contributed by atoms with Gasteiger partial charge < -0.3 is 5.61 Å². The van der Waals surface area contributed by atoms with Crippen LogP contribution >= 0.6 is 0 Å². The number of rotatable bonds is 2. The van der Waals surface area contributed by atoms with Crippen molar-refractivity contribution in [3.8, 4) is 5.75 Å². The molecular formula is C15H13KO3S. The Kier molecular flexibility index (Phi) is 4.89. The molecule has 0 unspecified atom stereocenters. The molecule has 0 saturated heterocycles. The third-order valence-electron chi connectivity index (χ3n) is 2.95. The molecule has 0 atom stereocenters. The van der Waals surface area contributed by atoms with Crippen LogP contribution in [0.4, 0.5) is 0 Å². The van der Waals surface area contributed by atoms with Crippen molar-refractivity contribution in [2.24, 2.45) is 0 Å². The molecule has 3 aromatic rings. The molecule has 3 rings (SSSR count). The topological polar surface area (TPSA) is 43.4 Å². The summed E-state index contributed by atoms with van der Waals surface area (Å²) >= 11 is 0. The van der Waals surface area contributed by atoms with E-state index in [-0.39, 0.29) is 52.8 Å². The average molecular weight is 312 g/mol. The standard InChI is InChI=1S/C15H12O3S.K.H/c1-19(16,17)18-15-8-4-7-13-9-11-5-2-3-6-12(11)10-14(13)15;;/h2-10H,1H3;;/q;+1;-1. The monoisotopic (exact) mass is 312 g/mol. The van der Waals surface area contributed by atoms with Crippen LogP contribution in [0.3, 0.4) is 0 Å². The molecule has 0 spiro atoms. The molecule has 0 aliphatic carbocycles. The first-order valence-electron chi connectivity index (χ1n) is 5.84. The van der Waals surface area contributed by atoms with Crippen molar-refractivity contribution < 1.29 is 65.4 Å². The summed E-state index contributed by atoms with van der Waals surface area (Å²) in [6.45, 7) is 0. The average Bonchev–Trinajstić information content (AvgIpc) is 2.35. The fourth-order valence-corrected chi connectivity index (χ4v) is 2.65. The van der Waals surface area contributed by atoms with E-state index in [0.29, 0.717) is 5.75 Å². The normalized spacial score (nSPS) is 11.2. The van der Waals surface area contributed by atoms with Gasteiger partial charge in [-0.15, -0.1) is 0 Å². The second kappa shape index (κ2) is 6.13. The van der Waals surface area contributed by atoms with E-state index >= 15 is 0 Å². The Hall–Kier alpha value is -0.434. The van der Waals surface area contributed by atoms with Crippen LogP contribution in [-0.4, -0.2) is 14.7 Å². The van der Waals surface area contributed by atoms with E-state index in [1.165, 1.54) is 0 Å². The number of benzene rings is 3. The van der Waals surface area contributed by atoms with Crippen molar-refractivity contribution in [1.29, 1.82) is 0 Å². The van der Waals surface area contributed by atoms with Gasteiger partial charge in [0.15, 0.2) is 0 Å². The van der Waals surface area contributed by atoms with E-state index in [9.17, 15) is 8.42 Å². The van der Waals surface area contributed by atoms with Gasteiger partial charge in [-0.3, -0.25) is 0 Å². The second-order valence-corrected chi connectivity index (χ2v) is 6.04. The summed E-state index contributed by atoms with van der Waals surface area (Å²) in [6, 6.07) is 17.3. The Morgan fingerprint density at radius 1 is 0.900 bits per heavy atom. The Labute approximate surface area is 162 Å². The summed E-state index contributed by atoms with van der Waals surface area (Å²) in [4.78, 5) is 0. The zero-order chi connectivity index (χ0) is 13.5. The van der Waals surface area contributed by atoms with Crippen molar-refractivity contribution in [1.82, 2.24) is 0 Å². The maximum Gasteiger partial charge on any atom is 1.00 e. The molecule has 0 N–H and O–H groups in total. The molecule has 0 bridgehead atoms. The van der Waals surface area contributed by atoms with Crippen molar-refractivity contribution in [3.63, 3.8) is 0 Å². The minimum absolute atomic E-state index is 0. The van der Waals surface area contributed by atoms with Gasteiger partial charge in [-0.05, 0) is 34.4 Å². The minimum Gasteiger partial charge on any atom is -1.00 e. The Morgan fingerprint density at radius 2 is 1.50 bits per heavy atom. The molecule has 0 heterocycles. The molecule has 5 heteroatoms. The fourth-order valence-electron chi connectivity index (χ4n) is 2.17.